The summed E-state index contributed by atoms with van der Waals surface area (Å²) in [6.07, 6.45) is 1.03. The smallest absolute Gasteiger partial charge is 0.122 e. The molecule has 0 aliphatic carbocycles. The van der Waals surface area contributed by atoms with Crippen molar-refractivity contribution in [2.45, 2.75) is 19.5 Å². The zero-order valence-corrected chi connectivity index (χ0v) is 13.5. The Balaban J connectivity index is 0.00000176. The second-order valence-corrected chi connectivity index (χ2v) is 5.53. The normalized spacial score (nSPS) is 12.6. The van der Waals surface area contributed by atoms with Gasteiger partial charge in [-0.05, 0) is 22.8 Å². The molecule has 0 radical (unpaired) electrons. The maximum atomic E-state index is 5.77. The number of fused-ring (bicyclic) bond motifs is 1. The summed E-state index contributed by atoms with van der Waals surface area (Å²) < 4.78 is 5.57. The molecule has 0 saturated heterocycles. The number of hydrogen-bond acceptors (Lipinski definition) is 3. The minimum absolute atomic E-state index is 0. The highest BCUT2D eigenvalue weighted by atomic mass is 35.5. The van der Waals surface area contributed by atoms with Gasteiger partial charge in [-0.15, -0.1) is 12.4 Å². The lowest BCUT2D eigenvalue weighted by Crippen LogP contribution is -2.28. The first-order valence-corrected chi connectivity index (χ1v) is 7.56. The van der Waals surface area contributed by atoms with Crippen LogP contribution in [0.5, 0.6) is 5.75 Å². The van der Waals surface area contributed by atoms with Gasteiger partial charge in [-0.25, -0.2) is 0 Å². The van der Waals surface area contributed by atoms with Crippen LogP contribution in [0.15, 0.2) is 48.5 Å². The van der Waals surface area contributed by atoms with Crippen LogP contribution < -0.4 is 10.5 Å². The van der Waals surface area contributed by atoms with E-state index in [0.29, 0.717) is 6.54 Å². The topological polar surface area (TPSA) is 38.5 Å². The highest BCUT2D eigenvalue weighted by Crippen LogP contribution is 2.26. The third kappa shape index (κ3) is 4.23. The molecule has 0 amide bonds. The van der Waals surface area contributed by atoms with Gasteiger partial charge in [0.25, 0.3) is 0 Å². The fourth-order valence-electron chi connectivity index (χ4n) is 2.83. The zero-order valence-electron chi connectivity index (χ0n) is 12.7. The fourth-order valence-corrected chi connectivity index (χ4v) is 2.83. The number of halogens is 1. The van der Waals surface area contributed by atoms with Crippen LogP contribution >= 0.6 is 12.4 Å². The van der Waals surface area contributed by atoms with Gasteiger partial charge in [-0.3, -0.25) is 4.90 Å². The van der Waals surface area contributed by atoms with E-state index < -0.39 is 0 Å². The SMILES string of the molecule is Cl.NCCN(Cc1ccccc1)Cc1ccc2c(c1)CCO2. The van der Waals surface area contributed by atoms with E-state index in [-0.39, 0.29) is 12.4 Å². The van der Waals surface area contributed by atoms with Crippen molar-refractivity contribution in [3.05, 3.63) is 65.2 Å². The van der Waals surface area contributed by atoms with Crippen LogP contribution in [0.3, 0.4) is 0 Å². The maximum absolute atomic E-state index is 5.77. The lowest BCUT2D eigenvalue weighted by atomic mass is 10.1. The Hall–Kier alpha value is -1.55. The molecule has 1 aliphatic heterocycles. The monoisotopic (exact) mass is 318 g/mol. The number of ether oxygens (including phenoxy) is 1. The van der Waals surface area contributed by atoms with Crippen molar-refractivity contribution in [1.29, 1.82) is 0 Å². The predicted molar refractivity (Wildman–Crippen MR) is 92.5 cm³/mol. The molecule has 22 heavy (non-hydrogen) atoms. The maximum Gasteiger partial charge on any atom is 0.122 e. The first-order chi connectivity index (χ1) is 10.3. The van der Waals surface area contributed by atoms with Gasteiger partial charge in [0, 0.05) is 32.6 Å². The Morgan fingerprint density at radius 1 is 1.00 bits per heavy atom. The fraction of sp³-hybridized carbons (Fsp3) is 0.333. The van der Waals surface area contributed by atoms with Crippen molar-refractivity contribution in [1.82, 2.24) is 4.90 Å². The Kier molecular flexibility index (Phi) is 6.25. The van der Waals surface area contributed by atoms with E-state index in [9.17, 15) is 0 Å². The molecule has 0 saturated carbocycles. The number of nitrogens with two attached hydrogens (primary N) is 1. The van der Waals surface area contributed by atoms with E-state index in [1.807, 2.05) is 0 Å². The number of nitrogens with zero attached hydrogens (tertiary/aromatic N) is 1. The summed E-state index contributed by atoms with van der Waals surface area (Å²) in [6, 6.07) is 17.1. The molecule has 0 fully saturated rings. The zero-order chi connectivity index (χ0) is 14.5. The molecule has 0 bridgehead atoms. The summed E-state index contributed by atoms with van der Waals surface area (Å²) in [5.41, 5.74) is 9.76. The van der Waals surface area contributed by atoms with E-state index in [1.165, 1.54) is 16.7 Å². The summed E-state index contributed by atoms with van der Waals surface area (Å²) in [5.74, 6) is 1.05. The lowest BCUT2D eigenvalue weighted by Gasteiger charge is -2.22. The number of hydrogen-bond donors (Lipinski definition) is 1. The summed E-state index contributed by atoms with van der Waals surface area (Å²) in [5, 5.41) is 0. The van der Waals surface area contributed by atoms with Gasteiger partial charge in [0.05, 0.1) is 6.61 Å². The van der Waals surface area contributed by atoms with E-state index >= 15 is 0 Å². The van der Waals surface area contributed by atoms with E-state index in [4.69, 9.17) is 10.5 Å². The average Bonchev–Trinajstić information content (AvgIpc) is 2.96. The molecule has 118 valence electrons. The van der Waals surface area contributed by atoms with Crippen LogP contribution in [0.2, 0.25) is 0 Å². The van der Waals surface area contributed by atoms with E-state index in [0.717, 1.165) is 38.4 Å². The Morgan fingerprint density at radius 3 is 2.55 bits per heavy atom. The summed E-state index contributed by atoms with van der Waals surface area (Å²) in [4.78, 5) is 2.40. The third-order valence-electron chi connectivity index (χ3n) is 3.85. The van der Waals surface area contributed by atoms with Crippen molar-refractivity contribution in [2.75, 3.05) is 19.7 Å². The molecular weight excluding hydrogens is 296 g/mol. The van der Waals surface area contributed by atoms with E-state index in [2.05, 4.69) is 53.4 Å². The van der Waals surface area contributed by atoms with Crippen LogP contribution in [0.1, 0.15) is 16.7 Å². The van der Waals surface area contributed by atoms with Crippen LogP contribution in [0.25, 0.3) is 0 Å². The van der Waals surface area contributed by atoms with Gasteiger partial charge in [0.1, 0.15) is 5.75 Å². The predicted octanol–water partition coefficient (Wildman–Crippen LogP) is 3.00. The molecule has 0 atom stereocenters. The highest BCUT2D eigenvalue weighted by molar-refractivity contribution is 5.85. The summed E-state index contributed by atoms with van der Waals surface area (Å²) in [7, 11) is 0. The second kappa shape index (κ2) is 8.18. The minimum atomic E-state index is 0. The average molecular weight is 319 g/mol. The van der Waals surface area contributed by atoms with Gasteiger partial charge in [-0.1, -0.05) is 42.5 Å². The molecule has 4 heteroatoms. The minimum Gasteiger partial charge on any atom is -0.493 e. The first-order valence-electron chi connectivity index (χ1n) is 7.56. The van der Waals surface area contributed by atoms with Crippen molar-refractivity contribution in [3.63, 3.8) is 0 Å². The standard InChI is InChI=1S/C18H22N2O.ClH/c19-9-10-20(13-15-4-2-1-3-5-15)14-16-6-7-18-17(12-16)8-11-21-18;/h1-7,12H,8-11,13-14,19H2;1H. The first kappa shape index (κ1) is 16.8. The summed E-state index contributed by atoms with van der Waals surface area (Å²) >= 11 is 0. The molecule has 3 nitrogen and oxygen atoms in total. The molecule has 2 aromatic rings. The van der Waals surface area contributed by atoms with Crippen molar-refractivity contribution < 1.29 is 4.74 Å². The van der Waals surface area contributed by atoms with Crippen molar-refractivity contribution in [3.8, 4) is 5.75 Å². The van der Waals surface area contributed by atoms with Gasteiger partial charge < -0.3 is 10.5 Å². The largest absolute Gasteiger partial charge is 0.493 e. The highest BCUT2D eigenvalue weighted by Gasteiger charge is 2.13. The van der Waals surface area contributed by atoms with Crippen LogP contribution in [0, 0.1) is 0 Å². The van der Waals surface area contributed by atoms with Crippen molar-refractivity contribution >= 4 is 12.4 Å². The van der Waals surface area contributed by atoms with Crippen LogP contribution in [-0.2, 0) is 19.5 Å². The molecule has 2 N–H and O–H groups in total. The van der Waals surface area contributed by atoms with Gasteiger partial charge in [-0.2, -0.15) is 0 Å². The molecule has 2 aromatic carbocycles. The van der Waals surface area contributed by atoms with E-state index in [1.54, 1.807) is 0 Å². The quantitative estimate of drug-likeness (QED) is 0.890. The third-order valence-corrected chi connectivity index (χ3v) is 3.85. The van der Waals surface area contributed by atoms with Gasteiger partial charge >= 0.3 is 0 Å². The molecule has 1 heterocycles. The van der Waals surface area contributed by atoms with Gasteiger partial charge in [0.2, 0.25) is 0 Å². The van der Waals surface area contributed by atoms with Crippen LogP contribution in [0.4, 0.5) is 0 Å². The molecule has 0 aromatic heterocycles. The molecule has 0 spiro atoms. The molecular formula is C18H23ClN2O. The van der Waals surface area contributed by atoms with Crippen molar-refractivity contribution in [2.24, 2.45) is 5.73 Å². The summed E-state index contributed by atoms with van der Waals surface area (Å²) in [6.45, 7) is 4.27. The Morgan fingerprint density at radius 2 is 1.77 bits per heavy atom. The molecule has 0 unspecified atom stereocenters. The van der Waals surface area contributed by atoms with Gasteiger partial charge in [0.15, 0.2) is 0 Å². The number of benzene rings is 2. The lowest BCUT2D eigenvalue weighted by molar-refractivity contribution is 0.264. The number of rotatable bonds is 6. The Bertz CT molecular complexity index is 589. The molecule has 3 rings (SSSR count). The molecule has 1 aliphatic rings. The Labute approximate surface area is 138 Å². The van der Waals surface area contributed by atoms with Crippen LogP contribution in [-0.4, -0.2) is 24.6 Å². The second-order valence-electron chi connectivity index (χ2n) is 5.53.